The fourth-order valence-corrected chi connectivity index (χ4v) is 4.09. The van der Waals surface area contributed by atoms with Crippen LogP contribution >= 0.6 is 0 Å². The highest BCUT2D eigenvalue weighted by molar-refractivity contribution is 7.91. The molecule has 0 aromatic carbocycles. The summed E-state index contributed by atoms with van der Waals surface area (Å²) >= 11 is 0. The van der Waals surface area contributed by atoms with Crippen molar-refractivity contribution in [3.8, 4) is 0 Å². The Morgan fingerprint density at radius 2 is 1.93 bits per heavy atom. The van der Waals surface area contributed by atoms with Crippen LogP contribution in [-0.4, -0.2) is 36.2 Å². The van der Waals surface area contributed by atoms with E-state index in [1.54, 1.807) is 0 Å². The van der Waals surface area contributed by atoms with Crippen molar-refractivity contribution in [2.45, 2.75) is 44.2 Å². The highest BCUT2D eigenvalue weighted by Gasteiger charge is 2.52. The lowest BCUT2D eigenvalue weighted by molar-refractivity contribution is -0.0169. The van der Waals surface area contributed by atoms with Crippen LogP contribution in [0.2, 0.25) is 0 Å². The van der Waals surface area contributed by atoms with Crippen molar-refractivity contribution in [3.63, 3.8) is 0 Å². The van der Waals surface area contributed by atoms with E-state index in [4.69, 9.17) is 5.73 Å². The third-order valence-electron chi connectivity index (χ3n) is 3.47. The number of sulfone groups is 1. The fourth-order valence-electron chi connectivity index (χ4n) is 2.13. The molecule has 1 aliphatic rings. The number of rotatable bonds is 3. The number of nitrogens with two attached hydrogens (primary N) is 1. The summed E-state index contributed by atoms with van der Waals surface area (Å²) < 4.78 is 22.6. The second-order valence-electron chi connectivity index (χ2n) is 4.24. The van der Waals surface area contributed by atoms with Crippen LogP contribution < -0.4 is 5.73 Å². The Morgan fingerprint density at radius 3 is 2.21 bits per heavy atom. The average molecular weight is 221 g/mol. The van der Waals surface area contributed by atoms with Crippen molar-refractivity contribution < 1.29 is 13.5 Å². The molecule has 0 aliphatic carbocycles. The third kappa shape index (κ3) is 1.81. The molecule has 84 valence electrons. The van der Waals surface area contributed by atoms with E-state index in [1.807, 2.05) is 13.8 Å². The molecule has 1 heterocycles. The Bertz CT molecular complexity index is 308. The van der Waals surface area contributed by atoms with E-state index < -0.39 is 21.0 Å². The quantitative estimate of drug-likeness (QED) is 0.706. The summed E-state index contributed by atoms with van der Waals surface area (Å²) in [6.45, 7) is 3.76. The van der Waals surface area contributed by atoms with Gasteiger partial charge in [-0.3, -0.25) is 0 Å². The molecule has 1 rings (SSSR count). The SMILES string of the molecule is CCC(N)(CC)C1(O)CCS(=O)(=O)C1. The Kier molecular flexibility index (Phi) is 2.96. The topological polar surface area (TPSA) is 80.4 Å². The standard InChI is InChI=1S/C9H19NO3S/c1-3-8(10,4-2)9(11)5-6-14(12,13)7-9/h11H,3-7,10H2,1-2H3. The zero-order chi connectivity index (χ0) is 11.0. The van der Waals surface area contributed by atoms with Gasteiger partial charge in [0.1, 0.15) is 0 Å². The lowest BCUT2D eigenvalue weighted by Gasteiger charge is -2.40. The third-order valence-corrected chi connectivity index (χ3v) is 5.22. The zero-order valence-corrected chi connectivity index (χ0v) is 9.60. The molecule has 0 aromatic rings. The van der Waals surface area contributed by atoms with Crippen LogP contribution in [0.25, 0.3) is 0 Å². The van der Waals surface area contributed by atoms with Crippen LogP contribution in [0.15, 0.2) is 0 Å². The van der Waals surface area contributed by atoms with Crippen LogP contribution in [0.5, 0.6) is 0 Å². The molecular weight excluding hydrogens is 202 g/mol. The molecule has 1 atom stereocenters. The minimum atomic E-state index is -3.09. The van der Waals surface area contributed by atoms with E-state index in [0.717, 1.165) is 0 Å². The normalized spacial score (nSPS) is 32.0. The van der Waals surface area contributed by atoms with E-state index in [2.05, 4.69) is 0 Å². The van der Waals surface area contributed by atoms with E-state index in [-0.39, 0.29) is 17.9 Å². The summed E-state index contributed by atoms with van der Waals surface area (Å²) in [5.41, 5.74) is 4.05. The van der Waals surface area contributed by atoms with Crippen molar-refractivity contribution in [2.24, 2.45) is 5.73 Å². The lowest BCUT2D eigenvalue weighted by Crippen LogP contribution is -2.60. The van der Waals surface area contributed by atoms with Gasteiger partial charge in [-0.15, -0.1) is 0 Å². The van der Waals surface area contributed by atoms with Crippen molar-refractivity contribution >= 4 is 9.84 Å². The van der Waals surface area contributed by atoms with Crippen molar-refractivity contribution in [1.29, 1.82) is 0 Å². The van der Waals surface area contributed by atoms with E-state index in [1.165, 1.54) is 0 Å². The lowest BCUT2D eigenvalue weighted by atomic mass is 9.76. The average Bonchev–Trinajstić information content (AvgIpc) is 2.40. The second-order valence-corrected chi connectivity index (χ2v) is 6.42. The van der Waals surface area contributed by atoms with Gasteiger partial charge in [0.2, 0.25) is 0 Å². The maximum absolute atomic E-state index is 11.3. The Labute approximate surface area is 85.4 Å². The highest BCUT2D eigenvalue weighted by atomic mass is 32.2. The monoisotopic (exact) mass is 221 g/mol. The van der Waals surface area contributed by atoms with Crippen molar-refractivity contribution in [2.75, 3.05) is 11.5 Å². The molecule has 0 spiro atoms. The van der Waals surface area contributed by atoms with Gasteiger partial charge in [0, 0.05) is 5.54 Å². The first kappa shape index (κ1) is 11.9. The Balaban J connectivity index is 2.97. The van der Waals surface area contributed by atoms with Crippen LogP contribution in [0.3, 0.4) is 0 Å². The number of aliphatic hydroxyl groups is 1. The van der Waals surface area contributed by atoms with E-state index >= 15 is 0 Å². The Hall–Kier alpha value is -0.130. The van der Waals surface area contributed by atoms with Gasteiger partial charge in [-0.2, -0.15) is 0 Å². The van der Waals surface area contributed by atoms with Gasteiger partial charge >= 0.3 is 0 Å². The molecule has 0 saturated carbocycles. The van der Waals surface area contributed by atoms with Crippen LogP contribution in [0.4, 0.5) is 0 Å². The molecule has 5 heteroatoms. The fraction of sp³-hybridized carbons (Fsp3) is 1.00. The van der Waals surface area contributed by atoms with Gasteiger partial charge in [-0.1, -0.05) is 13.8 Å². The van der Waals surface area contributed by atoms with Crippen LogP contribution in [-0.2, 0) is 9.84 Å². The first-order chi connectivity index (χ1) is 6.29. The number of hydrogen-bond donors (Lipinski definition) is 2. The second kappa shape index (κ2) is 3.47. The van der Waals surface area contributed by atoms with Crippen LogP contribution in [0, 0.1) is 0 Å². The summed E-state index contributed by atoms with van der Waals surface area (Å²) in [6.07, 6.45) is 1.46. The molecule has 3 N–H and O–H groups in total. The minimum absolute atomic E-state index is 0.0580. The van der Waals surface area contributed by atoms with Gasteiger partial charge in [0.05, 0.1) is 17.1 Å². The Morgan fingerprint density at radius 1 is 1.43 bits per heavy atom. The maximum Gasteiger partial charge on any atom is 0.153 e. The van der Waals surface area contributed by atoms with E-state index in [0.29, 0.717) is 12.8 Å². The van der Waals surface area contributed by atoms with Crippen molar-refractivity contribution in [1.82, 2.24) is 0 Å². The van der Waals surface area contributed by atoms with Gasteiger partial charge in [0.25, 0.3) is 0 Å². The van der Waals surface area contributed by atoms with Gasteiger partial charge in [-0.05, 0) is 19.3 Å². The maximum atomic E-state index is 11.3. The predicted octanol–water partition coefficient (Wildman–Crippen LogP) is 0.0535. The molecule has 0 bridgehead atoms. The first-order valence-corrected chi connectivity index (χ1v) is 6.82. The largest absolute Gasteiger partial charge is 0.387 e. The van der Waals surface area contributed by atoms with Gasteiger partial charge in [0.15, 0.2) is 9.84 Å². The molecule has 0 radical (unpaired) electrons. The van der Waals surface area contributed by atoms with Crippen molar-refractivity contribution in [3.05, 3.63) is 0 Å². The summed E-state index contributed by atoms with van der Waals surface area (Å²) in [6, 6.07) is 0. The molecule has 4 nitrogen and oxygen atoms in total. The highest BCUT2D eigenvalue weighted by Crippen LogP contribution is 2.36. The molecule has 1 unspecified atom stereocenters. The molecule has 1 saturated heterocycles. The molecule has 14 heavy (non-hydrogen) atoms. The molecule has 1 aliphatic heterocycles. The smallest absolute Gasteiger partial charge is 0.153 e. The summed E-state index contributed by atoms with van der Waals surface area (Å²) in [5, 5.41) is 10.2. The minimum Gasteiger partial charge on any atom is -0.387 e. The summed E-state index contributed by atoms with van der Waals surface area (Å²) in [5.74, 6) is -0.124. The molecule has 1 fully saturated rings. The molecule has 0 amide bonds. The molecular formula is C9H19NO3S. The summed E-state index contributed by atoms with van der Waals surface area (Å²) in [4.78, 5) is 0. The first-order valence-electron chi connectivity index (χ1n) is 5.00. The molecule has 0 aromatic heterocycles. The van der Waals surface area contributed by atoms with Crippen LogP contribution in [0.1, 0.15) is 33.1 Å². The van der Waals surface area contributed by atoms with Gasteiger partial charge < -0.3 is 10.8 Å². The van der Waals surface area contributed by atoms with E-state index in [9.17, 15) is 13.5 Å². The zero-order valence-electron chi connectivity index (χ0n) is 8.78. The summed E-state index contributed by atoms with van der Waals surface area (Å²) in [7, 11) is -3.09. The number of hydrogen-bond acceptors (Lipinski definition) is 4. The predicted molar refractivity (Wildman–Crippen MR) is 55.7 cm³/mol. The van der Waals surface area contributed by atoms with Gasteiger partial charge in [-0.25, -0.2) is 8.42 Å².